The third-order valence-electron chi connectivity index (χ3n) is 3.57. The zero-order chi connectivity index (χ0) is 19.9. The van der Waals surface area contributed by atoms with Gasteiger partial charge in [0.1, 0.15) is 4.21 Å². The van der Waals surface area contributed by atoms with Gasteiger partial charge in [0.25, 0.3) is 0 Å². The lowest BCUT2D eigenvalue weighted by molar-refractivity contribution is 0.504. The monoisotopic (exact) mass is 416 g/mol. The minimum Gasteiger partial charge on any atom is -0.357 e. The van der Waals surface area contributed by atoms with Crippen LogP contribution in [0.4, 0.5) is 8.78 Å². The highest BCUT2D eigenvalue weighted by molar-refractivity contribution is 7.91. The Morgan fingerprint density at radius 3 is 2.67 bits per heavy atom. The lowest BCUT2D eigenvalue weighted by Crippen LogP contribution is -2.39. The Balaban J connectivity index is 1.94. The van der Waals surface area contributed by atoms with Crippen molar-refractivity contribution in [1.29, 1.82) is 0 Å². The Labute approximate surface area is 161 Å². The maximum absolute atomic E-state index is 13.4. The van der Waals surface area contributed by atoms with Crippen LogP contribution < -0.4 is 15.4 Å². The molecule has 148 valence electrons. The third kappa shape index (κ3) is 6.26. The first-order valence-corrected chi connectivity index (χ1v) is 10.7. The number of benzene rings is 1. The number of halogens is 2. The molecule has 3 N–H and O–H groups in total. The van der Waals surface area contributed by atoms with E-state index < -0.39 is 21.7 Å². The van der Waals surface area contributed by atoms with E-state index in [1.807, 2.05) is 6.92 Å². The fourth-order valence-corrected chi connectivity index (χ4v) is 4.28. The molecule has 0 bridgehead atoms. The van der Waals surface area contributed by atoms with Crippen molar-refractivity contribution < 1.29 is 17.2 Å². The van der Waals surface area contributed by atoms with Crippen LogP contribution in [0.5, 0.6) is 0 Å². The first-order chi connectivity index (χ1) is 12.8. The standard InChI is InChI=1S/C17H22F2N4O2S2/c1-3-20-17(23-12(2)13-6-7-14(18)15(19)11-13)21-8-9-22-27(24,25)16-5-4-10-26-16/h4-7,10-12,22H,3,8-9H2,1-2H3,(H2,20,21,23). The van der Waals surface area contributed by atoms with Crippen LogP contribution in [0.2, 0.25) is 0 Å². The van der Waals surface area contributed by atoms with Crippen molar-refractivity contribution in [1.82, 2.24) is 15.4 Å². The van der Waals surface area contributed by atoms with Crippen molar-refractivity contribution in [2.45, 2.75) is 24.1 Å². The first-order valence-electron chi connectivity index (χ1n) is 8.36. The molecule has 0 saturated carbocycles. The Bertz CT molecular complexity index is 871. The largest absolute Gasteiger partial charge is 0.357 e. The number of guanidine groups is 1. The van der Waals surface area contributed by atoms with Gasteiger partial charge in [-0.25, -0.2) is 21.9 Å². The van der Waals surface area contributed by atoms with Gasteiger partial charge >= 0.3 is 0 Å². The summed E-state index contributed by atoms with van der Waals surface area (Å²) in [5.41, 5.74) is 0.568. The molecule has 1 aromatic heterocycles. The summed E-state index contributed by atoms with van der Waals surface area (Å²) < 4.78 is 53.3. The Kier molecular flexibility index (Phi) is 7.69. The van der Waals surface area contributed by atoms with E-state index in [4.69, 9.17) is 0 Å². The van der Waals surface area contributed by atoms with Crippen LogP contribution in [0.25, 0.3) is 0 Å². The molecule has 0 fully saturated rings. The summed E-state index contributed by atoms with van der Waals surface area (Å²) in [5, 5.41) is 7.81. The summed E-state index contributed by atoms with van der Waals surface area (Å²) in [6, 6.07) is 6.59. The topological polar surface area (TPSA) is 82.6 Å². The summed E-state index contributed by atoms with van der Waals surface area (Å²) in [4.78, 5) is 4.31. The van der Waals surface area contributed by atoms with Crippen LogP contribution in [0, 0.1) is 11.6 Å². The lowest BCUT2D eigenvalue weighted by atomic mass is 10.1. The number of hydrogen-bond donors (Lipinski definition) is 3. The molecule has 2 aromatic rings. The quantitative estimate of drug-likeness (QED) is 0.351. The van der Waals surface area contributed by atoms with E-state index in [0.29, 0.717) is 18.1 Å². The van der Waals surface area contributed by atoms with Gasteiger partial charge in [-0.3, -0.25) is 4.99 Å². The fourth-order valence-electron chi connectivity index (χ4n) is 2.23. The highest BCUT2D eigenvalue weighted by Gasteiger charge is 2.14. The molecule has 1 atom stereocenters. The van der Waals surface area contributed by atoms with E-state index in [-0.39, 0.29) is 23.3 Å². The molecule has 10 heteroatoms. The molecule has 6 nitrogen and oxygen atoms in total. The van der Waals surface area contributed by atoms with E-state index >= 15 is 0 Å². The van der Waals surface area contributed by atoms with Crippen LogP contribution in [0.3, 0.4) is 0 Å². The maximum Gasteiger partial charge on any atom is 0.250 e. The molecule has 1 heterocycles. The molecule has 0 radical (unpaired) electrons. The smallest absolute Gasteiger partial charge is 0.250 e. The summed E-state index contributed by atoms with van der Waals surface area (Å²) >= 11 is 1.14. The molecule has 0 saturated heterocycles. The highest BCUT2D eigenvalue weighted by Crippen LogP contribution is 2.16. The van der Waals surface area contributed by atoms with Gasteiger partial charge < -0.3 is 10.6 Å². The highest BCUT2D eigenvalue weighted by atomic mass is 32.2. The minimum absolute atomic E-state index is 0.135. The van der Waals surface area contributed by atoms with Gasteiger partial charge in [0.05, 0.1) is 12.6 Å². The zero-order valence-corrected chi connectivity index (χ0v) is 16.6. The molecule has 0 aliphatic carbocycles. The van der Waals surface area contributed by atoms with Gasteiger partial charge in [-0.1, -0.05) is 12.1 Å². The van der Waals surface area contributed by atoms with Crippen LogP contribution in [0.15, 0.2) is 44.9 Å². The second kappa shape index (κ2) is 9.77. The summed E-state index contributed by atoms with van der Waals surface area (Å²) in [6.45, 7) is 4.62. The second-order valence-electron chi connectivity index (χ2n) is 5.63. The zero-order valence-electron chi connectivity index (χ0n) is 15.0. The van der Waals surface area contributed by atoms with Crippen molar-refractivity contribution in [3.8, 4) is 0 Å². The molecule has 0 aliphatic rings. The summed E-state index contributed by atoms with van der Waals surface area (Å²) in [6.07, 6.45) is 0. The fraction of sp³-hybridized carbons (Fsp3) is 0.353. The molecular formula is C17H22F2N4O2S2. The van der Waals surface area contributed by atoms with Crippen LogP contribution in [0.1, 0.15) is 25.5 Å². The number of thiophene rings is 1. The van der Waals surface area contributed by atoms with Crippen LogP contribution >= 0.6 is 11.3 Å². The predicted molar refractivity (Wildman–Crippen MR) is 103 cm³/mol. The molecule has 27 heavy (non-hydrogen) atoms. The van der Waals surface area contributed by atoms with Gasteiger partial charge in [-0.15, -0.1) is 11.3 Å². The molecular weight excluding hydrogens is 394 g/mol. The van der Waals surface area contributed by atoms with E-state index in [1.165, 1.54) is 12.1 Å². The number of sulfonamides is 1. The average molecular weight is 417 g/mol. The number of aliphatic imine (C=N–C) groups is 1. The van der Waals surface area contributed by atoms with Gasteiger partial charge in [0.2, 0.25) is 10.0 Å². The predicted octanol–water partition coefficient (Wildman–Crippen LogP) is 2.62. The third-order valence-corrected chi connectivity index (χ3v) is 6.43. The summed E-state index contributed by atoms with van der Waals surface area (Å²) in [7, 11) is -3.52. The molecule has 2 rings (SSSR count). The van der Waals surface area contributed by atoms with Gasteiger partial charge in [-0.05, 0) is 43.0 Å². The lowest BCUT2D eigenvalue weighted by Gasteiger charge is -2.18. The van der Waals surface area contributed by atoms with E-state index in [1.54, 1.807) is 18.4 Å². The SMILES string of the molecule is CCNC(=NCCNS(=O)(=O)c1cccs1)NC(C)c1ccc(F)c(F)c1. The van der Waals surface area contributed by atoms with Gasteiger partial charge in [-0.2, -0.15) is 0 Å². The molecule has 0 aliphatic heterocycles. The molecule has 0 spiro atoms. The first kappa shape index (κ1) is 21.3. The maximum atomic E-state index is 13.4. The number of nitrogens with zero attached hydrogens (tertiary/aromatic N) is 1. The van der Waals surface area contributed by atoms with Crippen molar-refractivity contribution >= 4 is 27.3 Å². The van der Waals surface area contributed by atoms with Gasteiger partial charge in [0, 0.05) is 13.1 Å². The van der Waals surface area contributed by atoms with E-state index in [2.05, 4.69) is 20.3 Å². The van der Waals surface area contributed by atoms with Crippen LogP contribution in [-0.4, -0.2) is 34.0 Å². The van der Waals surface area contributed by atoms with Crippen molar-refractivity contribution in [2.75, 3.05) is 19.6 Å². The number of rotatable bonds is 8. The average Bonchev–Trinajstić information content (AvgIpc) is 3.16. The van der Waals surface area contributed by atoms with Gasteiger partial charge in [0.15, 0.2) is 17.6 Å². The Morgan fingerprint density at radius 1 is 1.26 bits per heavy atom. The minimum atomic E-state index is -3.52. The number of nitrogens with one attached hydrogen (secondary N) is 3. The van der Waals surface area contributed by atoms with E-state index in [9.17, 15) is 17.2 Å². The van der Waals surface area contributed by atoms with Crippen molar-refractivity contribution in [3.05, 3.63) is 52.9 Å². The number of hydrogen-bond acceptors (Lipinski definition) is 4. The normalized spacial score (nSPS) is 13.4. The molecule has 1 unspecified atom stereocenters. The summed E-state index contributed by atoms with van der Waals surface area (Å²) in [5.74, 6) is -1.36. The molecule has 0 amide bonds. The van der Waals surface area contributed by atoms with Crippen molar-refractivity contribution in [3.63, 3.8) is 0 Å². The van der Waals surface area contributed by atoms with Crippen LogP contribution in [-0.2, 0) is 10.0 Å². The van der Waals surface area contributed by atoms with Crippen molar-refractivity contribution in [2.24, 2.45) is 4.99 Å². The second-order valence-corrected chi connectivity index (χ2v) is 8.57. The Hall–Kier alpha value is -2.04. The Morgan fingerprint density at radius 2 is 2.04 bits per heavy atom. The molecule has 1 aromatic carbocycles. The van der Waals surface area contributed by atoms with E-state index in [0.717, 1.165) is 23.5 Å².